The van der Waals surface area contributed by atoms with Gasteiger partial charge in [0.15, 0.2) is 6.10 Å². The lowest BCUT2D eigenvalue weighted by Crippen LogP contribution is -2.30. The van der Waals surface area contributed by atoms with Crippen LogP contribution in [0.15, 0.2) is 122 Å². The number of carbonyl (C=O) groups is 3. The Kier molecular flexibility index (Phi) is 47.1. The van der Waals surface area contributed by atoms with Crippen molar-refractivity contribution in [3.05, 3.63) is 122 Å². The number of esters is 3. The van der Waals surface area contributed by atoms with Gasteiger partial charge in [0.05, 0.1) is 0 Å². The molecule has 0 unspecified atom stereocenters. The number of ether oxygens (including phenoxy) is 3. The first-order valence-electron chi connectivity index (χ1n) is 25.0. The van der Waals surface area contributed by atoms with E-state index in [4.69, 9.17) is 14.2 Å². The van der Waals surface area contributed by atoms with E-state index < -0.39 is 6.10 Å². The lowest BCUT2D eigenvalue weighted by molar-refractivity contribution is -0.167. The van der Waals surface area contributed by atoms with Crippen molar-refractivity contribution in [2.75, 3.05) is 13.2 Å². The van der Waals surface area contributed by atoms with Crippen LogP contribution in [0.2, 0.25) is 0 Å². The van der Waals surface area contributed by atoms with Crippen molar-refractivity contribution in [3.8, 4) is 0 Å². The largest absolute Gasteiger partial charge is 0.462 e. The quantitative estimate of drug-likeness (QED) is 0.0263. The third kappa shape index (κ3) is 48.7. The van der Waals surface area contributed by atoms with E-state index in [9.17, 15) is 14.4 Å². The van der Waals surface area contributed by atoms with Crippen LogP contribution in [0.5, 0.6) is 0 Å². The van der Waals surface area contributed by atoms with Crippen molar-refractivity contribution in [2.24, 2.45) is 0 Å². The summed E-state index contributed by atoms with van der Waals surface area (Å²) in [6.07, 6.45) is 69.0. The molecule has 0 radical (unpaired) electrons. The Bertz CT molecular complexity index is 1370. The Hall–Kier alpha value is -4.19. The molecule has 63 heavy (non-hydrogen) atoms. The number of rotatable bonds is 43. The zero-order valence-corrected chi connectivity index (χ0v) is 40.3. The number of hydrogen-bond donors (Lipinski definition) is 0. The van der Waals surface area contributed by atoms with Gasteiger partial charge in [-0.3, -0.25) is 14.4 Å². The van der Waals surface area contributed by atoms with E-state index in [1.54, 1.807) is 0 Å². The van der Waals surface area contributed by atoms with Crippen LogP contribution in [0.3, 0.4) is 0 Å². The standard InChI is InChI=1S/C57H90O6/c1-4-7-10-13-16-19-22-24-26-28-30-32-35-38-41-44-47-50-56(59)62-53-54(52-61-55(58)49-46-43-40-37-34-21-18-15-12-9-6-3)63-57(60)51-48-45-42-39-36-33-31-29-27-25-23-20-17-14-11-8-5-2/h7,10,15-20,24-27,30-33,38-39,41-42,54H,4-6,8-9,11-14,21-23,28-29,34-37,40,43-53H2,1-3H3/b10-7-,18-15-,19-16-,20-17-,26-24-,27-25-,32-30-,33-31-,41-38-,42-39-/t54-/m0/s1. The van der Waals surface area contributed by atoms with Gasteiger partial charge in [-0.25, -0.2) is 0 Å². The Morgan fingerprint density at radius 1 is 0.333 bits per heavy atom. The van der Waals surface area contributed by atoms with E-state index >= 15 is 0 Å². The van der Waals surface area contributed by atoms with Crippen LogP contribution in [0.1, 0.15) is 201 Å². The highest BCUT2D eigenvalue weighted by Crippen LogP contribution is 2.11. The van der Waals surface area contributed by atoms with Gasteiger partial charge < -0.3 is 14.2 Å². The van der Waals surface area contributed by atoms with Crippen molar-refractivity contribution in [1.82, 2.24) is 0 Å². The molecule has 0 saturated carbocycles. The summed E-state index contributed by atoms with van der Waals surface area (Å²) in [7, 11) is 0. The lowest BCUT2D eigenvalue weighted by atomic mass is 10.1. The highest BCUT2D eigenvalue weighted by atomic mass is 16.6. The molecule has 6 heteroatoms. The van der Waals surface area contributed by atoms with Crippen molar-refractivity contribution in [2.45, 2.75) is 207 Å². The van der Waals surface area contributed by atoms with Gasteiger partial charge in [-0.15, -0.1) is 0 Å². The molecule has 0 rings (SSSR count). The minimum Gasteiger partial charge on any atom is -0.462 e. The highest BCUT2D eigenvalue weighted by molar-refractivity contribution is 5.71. The molecular formula is C57H90O6. The van der Waals surface area contributed by atoms with Crippen LogP contribution in [0.4, 0.5) is 0 Å². The monoisotopic (exact) mass is 871 g/mol. The fourth-order valence-corrected chi connectivity index (χ4v) is 6.15. The number of carbonyl (C=O) groups excluding carboxylic acids is 3. The second-order valence-corrected chi connectivity index (χ2v) is 16.0. The van der Waals surface area contributed by atoms with Crippen LogP contribution in [0.25, 0.3) is 0 Å². The second-order valence-electron chi connectivity index (χ2n) is 16.0. The normalized spacial score (nSPS) is 13.1. The molecule has 0 heterocycles. The summed E-state index contributed by atoms with van der Waals surface area (Å²) in [4.78, 5) is 37.9. The molecule has 0 aromatic carbocycles. The fourth-order valence-electron chi connectivity index (χ4n) is 6.15. The molecule has 354 valence electrons. The van der Waals surface area contributed by atoms with Gasteiger partial charge in [-0.1, -0.05) is 187 Å². The summed E-state index contributed by atoms with van der Waals surface area (Å²) in [5.74, 6) is -1.06. The molecule has 0 fully saturated rings. The number of unbranched alkanes of at least 4 members (excludes halogenated alkanes) is 12. The topological polar surface area (TPSA) is 78.9 Å². The molecule has 0 aliphatic rings. The van der Waals surface area contributed by atoms with E-state index in [0.29, 0.717) is 19.3 Å². The van der Waals surface area contributed by atoms with Gasteiger partial charge in [0.1, 0.15) is 13.2 Å². The lowest BCUT2D eigenvalue weighted by Gasteiger charge is -2.18. The third-order valence-electron chi connectivity index (χ3n) is 9.92. The first kappa shape index (κ1) is 58.8. The van der Waals surface area contributed by atoms with Gasteiger partial charge in [0.2, 0.25) is 0 Å². The maximum absolute atomic E-state index is 12.8. The molecule has 0 N–H and O–H groups in total. The molecular weight excluding hydrogens is 781 g/mol. The van der Waals surface area contributed by atoms with Gasteiger partial charge in [0.25, 0.3) is 0 Å². The van der Waals surface area contributed by atoms with Crippen molar-refractivity contribution in [3.63, 3.8) is 0 Å². The molecule has 0 amide bonds. The predicted molar refractivity (Wildman–Crippen MR) is 269 cm³/mol. The molecule has 1 atom stereocenters. The summed E-state index contributed by atoms with van der Waals surface area (Å²) in [5, 5.41) is 0. The molecule has 0 spiro atoms. The van der Waals surface area contributed by atoms with Gasteiger partial charge in [0, 0.05) is 19.3 Å². The number of allylic oxidation sites excluding steroid dienone is 20. The third-order valence-corrected chi connectivity index (χ3v) is 9.92. The average Bonchev–Trinajstić information content (AvgIpc) is 3.28. The minimum absolute atomic E-state index is 0.126. The van der Waals surface area contributed by atoms with E-state index in [-0.39, 0.29) is 44.0 Å². The molecule has 0 aliphatic heterocycles. The zero-order valence-electron chi connectivity index (χ0n) is 40.3. The van der Waals surface area contributed by atoms with Crippen LogP contribution in [-0.2, 0) is 28.6 Å². The van der Waals surface area contributed by atoms with E-state index in [1.165, 1.54) is 51.4 Å². The maximum Gasteiger partial charge on any atom is 0.306 e. The van der Waals surface area contributed by atoms with Crippen LogP contribution in [0, 0.1) is 0 Å². The minimum atomic E-state index is -0.835. The number of hydrogen-bond acceptors (Lipinski definition) is 6. The summed E-state index contributed by atoms with van der Waals surface area (Å²) in [6.45, 7) is 6.33. The first-order valence-corrected chi connectivity index (χ1v) is 25.0. The fraction of sp³-hybridized carbons (Fsp3) is 0.596. The molecule has 6 nitrogen and oxygen atoms in total. The van der Waals surface area contributed by atoms with Gasteiger partial charge >= 0.3 is 17.9 Å². The second kappa shape index (κ2) is 50.5. The van der Waals surface area contributed by atoms with Crippen molar-refractivity contribution in [1.29, 1.82) is 0 Å². The summed E-state index contributed by atoms with van der Waals surface area (Å²) in [5.41, 5.74) is 0. The first-order chi connectivity index (χ1) is 31.0. The molecule has 0 bridgehead atoms. The summed E-state index contributed by atoms with van der Waals surface area (Å²) >= 11 is 0. The van der Waals surface area contributed by atoms with Crippen LogP contribution < -0.4 is 0 Å². The summed E-state index contributed by atoms with van der Waals surface area (Å²) < 4.78 is 16.7. The molecule has 0 aromatic heterocycles. The van der Waals surface area contributed by atoms with Crippen molar-refractivity contribution < 1.29 is 28.6 Å². The zero-order chi connectivity index (χ0) is 45.8. The molecule has 0 saturated heterocycles. The smallest absolute Gasteiger partial charge is 0.306 e. The Labute approximate surface area is 386 Å². The highest BCUT2D eigenvalue weighted by Gasteiger charge is 2.19. The average molecular weight is 871 g/mol. The molecule has 0 aliphatic carbocycles. The van der Waals surface area contributed by atoms with E-state index in [2.05, 4.69) is 142 Å². The van der Waals surface area contributed by atoms with Gasteiger partial charge in [-0.05, 0) is 116 Å². The van der Waals surface area contributed by atoms with Crippen LogP contribution >= 0.6 is 0 Å². The van der Waals surface area contributed by atoms with E-state index in [0.717, 1.165) is 96.3 Å². The SMILES string of the molecule is CC/C=C\C/C=C\C/C=C\C/C=C\C/C=C\CCCC(=O)OC[C@H](COC(=O)CCCCCCC/C=C\CCCC)OC(=O)CCC/C=C\C/C=C\C/C=C\C/C=C\CCCCC. The van der Waals surface area contributed by atoms with Crippen LogP contribution in [-0.4, -0.2) is 37.2 Å². The molecule has 0 aromatic rings. The Morgan fingerprint density at radius 2 is 0.651 bits per heavy atom. The van der Waals surface area contributed by atoms with Gasteiger partial charge in [-0.2, -0.15) is 0 Å². The maximum atomic E-state index is 12.8. The predicted octanol–water partition coefficient (Wildman–Crippen LogP) is 16.5. The Balaban J connectivity index is 4.59. The van der Waals surface area contributed by atoms with Crippen molar-refractivity contribution >= 4 is 17.9 Å². The van der Waals surface area contributed by atoms with E-state index in [1.807, 2.05) is 0 Å². The summed E-state index contributed by atoms with van der Waals surface area (Å²) in [6, 6.07) is 0. The Morgan fingerprint density at radius 3 is 1.10 bits per heavy atom.